The lowest BCUT2D eigenvalue weighted by atomic mass is 10.1. The zero-order valence-electron chi connectivity index (χ0n) is 13.7. The van der Waals surface area contributed by atoms with Crippen molar-refractivity contribution in [2.45, 2.75) is 6.92 Å². The average molecular weight is 425 g/mol. The summed E-state index contributed by atoms with van der Waals surface area (Å²) >= 11 is 4.70. The number of amides is 1. The summed E-state index contributed by atoms with van der Waals surface area (Å²) < 4.78 is 0.952. The van der Waals surface area contributed by atoms with E-state index < -0.39 is 5.91 Å². The van der Waals surface area contributed by atoms with Crippen LogP contribution in [0.3, 0.4) is 0 Å². The van der Waals surface area contributed by atoms with Crippen molar-refractivity contribution in [2.24, 2.45) is 10.1 Å². The number of nitrogens with one attached hydrogen (secondary N) is 1. The van der Waals surface area contributed by atoms with Crippen LogP contribution < -0.4 is 0 Å². The summed E-state index contributed by atoms with van der Waals surface area (Å²) in [6, 6.07) is 15.4. The third-order valence-corrected chi connectivity index (χ3v) is 5.48. The van der Waals surface area contributed by atoms with Crippen LogP contribution in [0.1, 0.15) is 16.7 Å². The molecule has 26 heavy (non-hydrogen) atoms. The maximum Gasteiger partial charge on any atom is 0.283 e. The highest BCUT2D eigenvalue weighted by Crippen LogP contribution is 2.31. The zero-order chi connectivity index (χ0) is 18.3. The van der Waals surface area contributed by atoms with Crippen molar-refractivity contribution in [1.29, 1.82) is 5.41 Å². The van der Waals surface area contributed by atoms with E-state index in [1.54, 1.807) is 6.08 Å². The number of aryl methyl sites for hydroxylation is 1. The monoisotopic (exact) mass is 424 g/mol. The number of carbonyl (C=O) groups is 1. The molecule has 2 aromatic rings. The molecule has 2 aliphatic rings. The van der Waals surface area contributed by atoms with E-state index in [1.165, 1.54) is 16.8 Å². The summed E-state index contributed by atoms with van der Waals surface area (Å²) in [5.41, 5.74) is 3.12. The molecule has 0 saturated heterocycles. The second-order valence-electron chi connectivity index (χ2n) is 5.79. The van der Waals surface area contributed by atoms with Gasteiger partial charge in [-0.15, -0.1) is 0 Å². The van der Waals surface area contributed by atoms with Crippen LogP contribution in [0.2, 0.25) is 0 Å². The van der Waals surface area contributed by atoms with Gasteiger partial charge in [0.25, 0.3) is 5.91 Å². The molecule has 2 aliphatic heterocycles. The number of thioether (sulfide) groups is 1. The van der Waals surface area contributed by atoms with Gasteiger partial charge in [-0.3, -0.25) is 10.2 Å². The Labute approximate surface area is 163 Å². The van der Waals surface area contributed by atoms with Gasteiger partial charge in [0, 0.05) is 10.0 Å². The number of hydrazone groups is 1. The molecule has 0 saturated carbocycles. The predicted octanol–water partition coefficient (Wildman–Crippen LogP) is 4.42. The van der Waals surface area contributed by atoms with Crippen LogP contribution in [0.15, 0.2) is 68.7 Å². The SMILES string of the molecule is Cc1ccccc1C1=NN2C(=N)/C(=C/c3ccc(Br)cc3)C(=O)N=C2S1. The Kier molecular flexibility index (Phi) is 4.34. The first-order chi connectivity index (χ1) is 12.5. The molecule has 4 rings (SSSR count). The van der Waals surface area contributed by atoms with Crippen LogP contribution in [-0.2, 0) is 4.79 Å². The second-order valence-corrected chi connectivity index (χ2v) is 7.66. The van der Waals surface area contributed by atoms with Gasteiger partial charge in [0.15, 0.2) is 5.84 Å². The summed E-state index contributed by atoms with van der Waals surface area (Å²) in [6.07, 6.45) is 1.67. The minimum atomic E-state index is -0.419. The molecule has 0 atom stereocenters. The number of amidine groups is 2. The van der Waals surface area contributed by atoms with E-state index in [-0.39, 0.29) is 11.4 Å². The third kappa shape index (κ3) is 3.04. The second kappa shape index (κ2) is 6.66. The largest absolute Gasteiger partial charge is 0.283 e. The summed E-state index contributed by atoms with van der Waals surface area (Å²) in [5.74, 6) is -0.378. The highest BCUT2D eigenvalue weighted by atomic mass is 79.9. The minimum absolute atomic E-state index is 0.0407. The van der Waals surface area contributed by atoms with Gasteiger partial charge in [-0.1, -0.05) is 52.3 Å². The van der Waals surface area contributed by atoms with E-state index >= 15 is 0 Å². The Morgan fingerprint density at radius 1 is 1.15 bits per heavy atom. The smallest absolute Gasteiger partial charge is 0.282 e. The molecule has 0 unspecified atom stereocenters. The first-order valence-corrected chi connectivity index (χ1v) is 9.45. The molecule has 0 bridgehead atoms. The van der Waals surface area contributed by atoms with Crippen LogP contribution in [0.25, 0.3) is 6.08 Å². The Morgan fingerprint density at radius 2 is 1.88 bits per heavy atom. The van der Waals surface area contributed by atoms with Crippen LogP contribution in [0.4, 0.5) is 0 Å². The summed E-state index contributed by atoms with van der Waals surface area (Å²) in [7, 11) is 0. The fourth-order valence-electron chi connectivity index (χ4n) is 2.64. The van der Waals surface area contributed by atoms with Gasteiger partial charge in [0.2, 0.25) is 5.17 Å². The summed E-state index contributed by atoms with van der Waals surface area (Å²) in [6.45, 7) is 2.01. The van der Waals surface area contributed by atoms with Gasteiger partial charge in [-0.05, 0) is 48.0 Å². The molecule has 0 aliphatic carbocycles. The molecular weight excluding hydrogens is 412 g/mol. The number of benzene rings is 2. The number of aliphatic imine (C=N–C) groups is 1. The van der Waals surface area contributed by atoms with Crippen molar-refractivity contribution in [3.8, 4) is 0 Å². The van der Waals surface area contributed by atoms with Crippen molar-refractivity contribution in [1.82, 2.24) is 5.01 Å². The topological polar surface area (TPSA) is 68.9 Å². The van der Waals surface area contributed by atoms with E-state index in [0.29, 0.717) is 5.17 Å². The number of hydrogen-bond acceptors (Lipinski definition) is 4. The van der Waals surface area contributed by atoms with Gasteiger partial charge in [-0.2, -0.15) is 15.1 Å². The van der Waals surface area contributed by atoms with E-state index in [9.17, 15) is 4.79 Å². The van der Waals surface area contributed by atoms with E-state index in [4.69, 9.17) is 5.41 Å². The Balaban J connectivity index is 1.70. The van der Waals surface area contributed by atoms with Crippen LogP contribution in [0.5, 0.6) is 0 Å². The van der Waals surface area contributed by atoms with Crippen molar-refractivity contribution >= 4 is 55.7 Å². The Bertz CT molecular complexity index is 1020. The Morgan fingerprint density at radius 3 is 2.62 bits per heavy atom. The number of carbonyl (C=O) groups excluding carboxylic acids is 1. The number of fused-ring (bicyclic) bond motifs is 1. The van der Waals surface area contributed by atoms with Crippen molar-refractivity contribution in [2.75, 3.05) is 0 Å². The molecule has 2 aromatic carbocycles. The highest BCUT2D eigenvalue weighted by molar-refractivity contribution is 9.10. The first-order valence-electron chi connectivity index (χ1n) is 7.85. The fourth-order valence-corrected chi connectivity index (χ4v) is 3.89. The van der Waals surface area contributed by atoms with Gasteiger partial charge >= 0.3 is 0 Å². The maximum atomic E-state index is 12.4. The number of rotatable bonds is 2. The van der Waals surface area contributed by atoms with E-state index in [1.807, 2.05) is 55.5 Å². The number of nitrogens with zero attached hydrogens (tertiary/aromatic N) is 3. The number of halogens is 1. The quantitative estimate of drug-likeness (QED) is 0.725. The van der Waals surface area contributed by atoms with Gasteiger partial charge in [0.1, 0.15) is 5.04 Å². The molecule has 5 nitrogen and oxygen atoms in total. The molecule has 1 N–H and O–H groups in total. The highest BCUT2D eigenvalue weighted by Gasteiger charge is 2.36. The number of hydrogen-bond donors (Lipinski definition) is 1. The third-order valence-electron chi connectivity index (χ3n) is 4.01. The van der Waals surface area contributed by atoms with Crippen LogP contribution in [-0.4, -0.2) is 27.0 Å². The van der Waals surface area contributed by atoms with E-state index in [0.717, 1.165) is 26.2 Å². The average Bonchev–Trinajstić information content (AvgIpc) is 3.04. The van der Waals surface area contributed by atoms with Gasteiger partial charge in [0.05, 0.1) is 5.57 Å². The lowest BCUT2D eigenvalue weighted by Gasteiger charge is -2.20. The molecule has 0 spiro atoms. The molecule has 0 fully saturated rings. The van der Waals surface area contributed by atoms with Gasteiger partial charge < -0.3 is 0 Å². The van der Waals surface area contributed by atoms with E-state index in [2.05, 4.69) is 26.0 Å². The minimum Gasteiger partial charge on any atom is -0.282 e. The van der Waals surface area contributed by atoms with Crippen LogP contribution in [0, 0.1) is 12.3 Å². The molecule has 128 valence electrons. The molecule has 1 amide bonds. The van der Waals surface area contributed by atoms with Gasteiger partial charge in [-0.25, -0.2) is 0 Å². The molecule has 7 heteroatoms. The molecule has 0 radical (unpaired) electrons. The fraction of sp³-hybridized carbons (Fsp3) is 0.0526. The lowest BCUT2D eigenvalue weighted by Crippen LogP contribution is -2.35. The van der Waals surface area contributed by atoms with Crippen molar-refractivity contribution in [3.63, 3.8) is 0 Å². The zero-order valence-corrected chi connectivity index (χ0v) is 16.1. The standard InChI is InChI=1S/C19H13BrN4OS/c1-11-4-2-3-5-14(11)18-23-24-16(21)15(17(25)22-19(24)26-18)10-12-6-8-13(20)9-7-12/h2-10,21H,1H3/b15-10-,21-16?. The summed E-state index contributed by atoms with van der Waals surface area (Å²) in [5, 5.41) is 15.5. The normalized spacial score (nSPS) is 18.1. The van der Waals surface area contributed by atoms with Crippen LogP contribution >= 0.6 is 27.7 Å². The van der Waals surface area contributed by atoms with Crippen molar-refractivity contribution < 1.29 is 4.79 Å². The Hall–Kier alpha value is -2.51. The molecule has 0 aromatic heterocycles. The van der Waals surface area contributed by atoms with Crippen molar-refractivity contribution in [3.05, 3.63) is 75.3 Å². The lowest BCUT2D eigenvalue weighted by molar-refractivity contribution is -0.114. The summed E-state index contributed by atoms with van der Waals surface area (Å²) in [4.78, 5) is 16.6. The first kappa shape index (κ1) is 16.9. The maximum absolute atomic E-state index is 12.4. The predicted molar refractivity (Wildman–Crippen MR) is 109 cm³/mol. The molecule has 2 heterocycles. The molecular formula is C19H13BrN4OS.